The zero-order valence-electron chi connectivity index (χ0n) is 10.4. The van der Waals surface area contributed by atoms with E-state index in [4.69, 9.17) is 9.47 Å². The van der Waals surface area contributed by atoms with Gasteiger partial charge in [-0.15, -0.1) is 0 Å². The Labute approximate surface area is 96.3 Å². The van der Waals surface area contributed by atoms with Crippen molar-refractivity contribution in [1.29, 1.82) is 0 Å². The number of hydrogen-bond acceptors (Lipinski definition) is 4. The van der Waals surface area contributed by atoms with Crippen LogP contribution in [0.3, 0.4) is 0 Å². The van der Waals surface area contributed by atoms with Gasteiger partial charge in [0.1, 0.15) is 5.60 Å². The summed E-state index contributed by atoms with van der Waals surface area (Å²) in [6, 6.07) is 0. The third kappa shape index (κ3) is 3.83. The van der Waals surface area contributed by atoms with Crippen LogP contribution >= 0.6 is 0 Å². The van der Waals surface area contributed by atoms with Gasteiger partial charge in [0, 0.05) is 0 Å². The summed E-state index contributed by atoms with van der Waals surface area (Å²) in [5.41, 5.74) is -0.559. The molecule has 1 saturated carbocycles. The summed E-state index contributed by atoms with van der Waals surface area (Å²) in [5.74, 6) is -1.50. The third-order valence-electron chi connectivity index (χ3n) is 2.29. The molecule has 0 aromatic heterocycles. The van der Waals surface area contributed by atoms with Crippen LogP contribution in [0.25, 0.3) is 0 Å². The molecule has 1 fully saturated rings. The lowest BCUT2D eigenvalue weighted by Gasteiger charge is -2.23. The molecule has 1 aliphatic rings. The van der Waals surface area contributed by atoms with E-state index in [1.807, 2.05) is 0 Å². The van der Waals surface area contributed by atoms with Gasteiger partial charge in [-0.25, -0.2) is 0 Å². The molecule has 1 unspecified atom stereocenters. The first-order valence-electron chi connectivity index (χ1n) is 5.74. The number of ether oxygens (including phenoxy) is 2. The van der Waals surface area contributed by atoms with Crippen LogP contribution in [-0.2, 0) is 19.1 Å². The summed E-state index contributed by atoms with van der Waals surface area (Å²) < 4.78 is 10.1. The predicted octanol–water partition coefficient (Wildman–Crippen LogP) is 1.92. The van der Waals surface area contributed by atoms with Crippen LogP contribution < -0.4 is 0 Å². The van der Waals surface area contributed by atoms with Gasteiger partial charge < -0.3 is 9.47 Å². The smallest absolute Gasteiger partial charge is 0.321 e. The molecule has 1 atom stereocenters. The summed E-state index contributed by atoms with van der Waals surface area (Å²) in [5, 5.41) is 0. The second kappa shape index (κ2) is 4.85. The highest BCUT2D eigenvalue weighted by molar-refractivity contribution is 5.95. The van der Waals surface area contributed by atoms with Gasteiger partial charge in [0.25, 0.3) is 0 Å². The molecule has 1 rings (SSSR count). The first-order valence-corrected chi connectivity index (χ1v) is 5.74. The van der Waals surface area contributed by atoms with E-state index in [2.05, 4.69) is 0 Å². The molecule has 0 radical (unpaired) electrons. The number of esters is 2. The molecule has 0 amide bonds. The van der Waals surface area contributed by atoms with E-state index < -0.39 is 23.5 Å². The van der Waals surface area contributed by atoms with Gasteiger partial charge in [-0.3, -0.25) is 9.59 Å². The monoisotopic (exact) mass is 228 g/mol. The van der Waals surface area contributed by atoms with Crippen LogP contribution in [0.2, 0.25) is 0 Å². The van der Waals surface area contributed by atoms with E-state index in [0.29, 0.717) is 6.61 Å². The van der Waals surface area contributed by atoms with Crippen molar-refractivity contribution in [3.63, 3.8) is 0 Å². The Kier molecular flexibility index (Phi) is 3.94. The fourth-order valence-corrected chi connectivity index (χ4v) is 1.51. The van der Waals surface area contributed by atoms with E-state index in [0.717, 1.165) is 12.8 Å². The Hall–Kier alpha value is -1.06. The molecule has 0 N–H and O–H groups in total. The molecule has 0 saturated heterocycles. The van der Waals surface area contributed by atoms with Gasteiger partial charge in [-0.05, 0) is 46.5 Å². The molecule has 1 aliphatic carbocycles. The van der Waals surface area contributed by atoms with Crippen molar-refractivity contribution in [2.45, 2.75) is 46.1 Å². The van der Waals surface area contributed by atoms with Gasteiger partial charge in [0.15, 0.2) is 5.92 Å². The lowest BCUT2D eigenvalue weighted by Crippen LogP contribution is -2.35. The summed E-state index contributed by atoms with van der Waals surface area (Å²) in [6.07, 6.45) is 1.81. The molecule has 0 aromatic carbocycles. The second-order valence-corrected chi connectivity index (χ2v) is 5.10. The summed E-state index contributed by atoms with van der Waals surface area (Å²) in [7, 11) is 0. The van der Waals surface area contributed by atoms with Crippen molar-refractivity contribution in [1.82, 2.24) is 0 Å². The van der Waals surface area contributed by atoms with Crippen LogP contribution in [0.1, 0.15) is 40.5 Å². The molecule has 0 aliphatic heterocycles. The highest BCUT2D eigenvalue weighted by atomic mass is 16.6. The third-order valence-corrected chi connectivity index (χ3v) is 2.29. The predicted molar refractivity (Wildman–Crippen MR) is 58.7 cm³/mol. The minimum Gasteiger partial charge on any atom is -0.465 e. The quantitative estimate of drug-likeness (QED) is 0.545. The van der Waals surface area contributed by atoms with Gasteiger partial charge in [0.05, 0.1) is 6.61 Å². The second-order valence-electron chi connectivity index (χ2n) is 5.10. The van der Waals surface area contributed by atoms with Crippen LogP contribution in [0.5, 0.6) is 0 Å². The minimum absolute atomic E-state index is 0.119. The van der Waals surface area contributed by atoms with E-state index in [1.54, 1.807) is 27.7 Å². The molecular weight excluding hydrogens is 208 g/mol. The van der Waals surface area contributed by atoms with Gasteiger partial charge >= 0.3 is 11.9 Å². The Morgan fingerprint density at radius 2 is 1.81 bits per heavy atom. The van der Waals surface area contributed by atoms with Crippen molar-refractivity contribution in [3.05, 3.63) is 0 Å². The van der Waals surface area contributed by atoms with E-state index >= 15 is 0 Å². The normalized spacial score (nSPS) is 17.8. The van der Waals surface area contributed by atoms with Gasteiger partial charge in [0.2, 0.25) is 0 Å². The van der Waals surface area contributed by atoms with E-state index in [1.165, 1.54) is 0 Å². The molecule has 0 spiro atoms. The maximum absolute atomic E-state index is 11.8. The molecule has 16 heavy (non-hydrogen) atoms. The van der Waals surface area contributed by atoms with Crippen molar-refractivity contribution < 1.29 is 19.1 Å². The largest absolute Gasteiger partial charge is 0.465 e. The zero-order valence-corrected chi connectivity index (χ0v) is 10.4. The summed E-state index contributed by atoms with van der Waals surface area (Å²) >= 11 is 0. The zero-order chi connectivity index (χ0) is 12.3. The Bertz CT molecular complexity index is 273. The first kappa shape index (κ1) is 13.0. The maximum atomic E-state index is 11.8. The topological polar surface area (TPSA) is 52.6 Å². The van der Waals surface area contributed by atoms with Gasteiger partial charge in [-0.2, -0.15) is 0 Å². The van der Waals surface area contributed by atoms with Crippen LogP contribution in [0.15, 0.2) is 0 Å². The molecule has 92 valence electrons. The lowest BCUT2D eigenvalue weighted by molar-refractivity contribution is -0.170. The number of carbonyl (C=O) groups is 2. The summed E-state index contributed by atoms with van der Waals surface area (Å²) in [4.78, 5) is 23.5. The fraction of sp³-hybridized carbons (Fsp3) is 0.833. The number of carbonyl (C=O) groups excluding carboxylic acids is 2. The molecular formula is C12H20O4. The Balaban J connectivity index is 2.63. The number of rotatable bonds is 4. The number of hydrogen-bond donors (Lipinski definition) is 0. The maximum Gasteiger partial charge on any atom is 0.321 e. The van der Waals surface area contributed by atoms with Crippen molar-refractivity contribution in [2.24, 2.45) is 11.8 Å². The standard InChI is InChI=1S/C12H20O4/c1-5-15-10(13)9(8-6-7-8)11(14)16-12(2,3)4/h8-9H,5-7H2,1-4H3. The van der Waals surface area contributed by atoms with Crippen LogP contribution in [0.4, 0.5) is 0 Å². The Morgan fingerprint density at radius 1 is 1.25 bits per heavy atom. The average molecular weight is 228 g/mol. The van der Waals surface area contributed by atoms with Crippen molar-refractivity contribution in [3.8, 4) is 0 Å². The SMILES string of the molecule is CCOC(=O)C(C(=O)OC(C)(C)C)C1CC1. The molecule has 0 aromatic rings. The molecule has 4 heteroatoms. The van der Waals surface area contributed by atoms with E-state index in [-0.39, 0.29) is 5.92 Å². The summed E-state index contributed by atoms with van der Waals surface area (Å²) in [6.45, 7) is 7.40. The molecule has 0 heterocycles. The Morgan fingerprint density at radius 3 is 2.19 bits per heavy atom. The van der Waals surface area contributed by atoms with E-state index in [9.17, 15) is 9.59 Å². The van der Waals surface area contributed by atoms with Crippen LogP contribution in [0, 0.1) is 11.8 Å². The van der Waals surface area contributed by atoms with Gasteiger partial charge in [-0.1, -0.05) is 0 Å². The fourth-order valence-electron chi connectivity index (χ4n) is 1.51. The van der Waals surface area contributed by atoms with Crippen molar-refractivity contribution in [2.75, 3.05) is 6.61 Å². The van der Waals surface area contributed by atoms with Crippen molar-refractivity contribution >= 4 is 11.9 Å². The molecule has 4 nitrogen and oxygen atoms in total. The van der Waals surface area contributed by atoms with Crippen LogP contribution in [-0.4, -0.2) is 24.1 Å². The average Bonchev–Trinajstić information content (AvgIpc) is 2.85. The highest BCUT2D eigenvalue weighted by Crippen LogP contribution is 2.38. The first-order chi connectivity index (χ1) is 7.35. The highest BCUT2D eigenvalue weighted by Gasteiger charge is 2.44. The lowest BCUT2D eigenvalue weighted by atomic mass is 10.0. The molecule has 0 bridgehead atoms. The minimum atomic E-state index is -0.723.